The molecule has 0 aromatic carbocycles. The number of imide groups is 1. The van der Waals surface area contributed by atoms with Gasteiger partial charge in [0, 0.05) is 12.7 Å². The van der Waals surface area contributed by atoms with Crippen molar-refractivity contribution in [1.29, 1.82) is 0 Å². The molecule has 0 unspecified atom stereocenters. The van der Waals surface area contributed by atoms with Crippen molar-refractivity contribution in [3.8, 4) is 0 Å². The van der Waals surface area contributed by atoms with E-state index in [0.717, 1.165) is 0 Å². The van der Waals surface area contributed by atoms with E-state index in [-0.39, 0.29) is 18.9 Å². The molecule has 110 valence electrons. The zero-order valence-corrected chi connectivity index (χ0v) is 11.6. The predicted octanol–water partition coefficient (Wildman–Crippen LogP) is 0.156. The number of methoxy groups -OCH3 is 1. The molecule has 0 radical (unpaired) electrons. The Morgan fingerprint density at radius 3 is 2.70 bits per heavy atom. The summed E-state index contributed by atoms with van der Waals surface area (Å²) in [5.74, 6) is -1.20. The summed E-state index contributed by atoms with van der Waals surface area (Å²) in [6, 6.07) is 3.26. The molecule has 0 saturated heterocycles. The van der Waals surface area contributed by atoms with E-state index in [4.69, 9.17) is 0 Å². The summed E-state index contributed by atoms with van der Waals surface area (Å²) in [6.45, 7) is 2.94. The summed E-state index contributed by atoms with van der Waals surface area (Å²) in [6.07, 6.45) is 1.82. The van der Waals surface area contributed by atoms with Crippen LogP contribution in [0.25, 0.3) is 0 Å². The number of hydrogen-bond acceptors (Lipinski definition) is 5. The van der Waals surface area contributed by atoms with E-state index < -0.39 is 11.8 Å². The van der Waals surface area contributed by atoms with Crippen molar-refractivity contribution in [3.05, 3.63) is 24.0 Å². The third-order valence-corrected chi connectivity index (χ3v) is 2.77. The highest BCUT2D eigenvalue weighted by Crippen LogP contribution is 1.96. The van der Waals surface area contributed by atoms with Crippen LogP contribution in [0.1, 0.15) is 23.8 Å². The van der Waals surface area contributed by atoms with Gasteiger partial charge in [0.2, 0.25) is 5.91 Å². The van der Waals surface area contributed by atoms with E-state index >= 15 is 0 Å². The van der Waals surface area contributed by atoms with Crippen LogP contribution in [-0.2, 0) is 14.3 Å². The SMILES string of the molecule is CCN(CCC(=O)OC)CC(=O)NC(=O)c1ccc[nH]1. The van der Waals surface area contributed by atoms with Crippen LogP contribution >= 0.6 is 0 Å². The lowest BCUT2D eigenvalue weighted by atomic mass is 10.3. The van der Waals surface area contributed by atoms with Crippen LogP contribution < -0.4 is 5.32 Å². The van der Waals surface area contributed by atoms with E-state index in [1.807, 2.05) is 6.92 Å². The summed E-state index contributed by atoms with van der Waals surface area (Å²) in [7, 11) is 1.32. The molecule has 0 bridgehead atoms. The number of carbonyl (C=O) groups excluding carboxylic acids is 3. The number of hydrogen-bond donors (Lipinski definition) is 2. The maximum absolute atomic E-state index is 11.7. The van der Waals surface area contributed by atoms with Crippen molar-refractivity contribution in [3.63, 3.8) is 0 Å². The second kappa shape index (κ2) is 8.11. The van der Waals surface area contributed by atoms with Gasteiger partial charge in [-0.3, -0.25) is 24.6 Å². The number of carbonyl (C=O) groups is 3. The Labute approximate surface area is 117 Å². The molecule has 0 aliphatic carbocycles. The van der Waals surface area contributed by atoms with Gasteiger partial charge < -0.3 is 9.72 Å². The molecule has 2 amide bonds. The first-order chi connectivity index (χ1) is 9.56. The van der Waals surface area contributed by atoms with Gasteiger partial charge in [-0.1, -0.05) is 6.92 Å². The molecule has 1 aromatic rings. The second-order valence-electron chi connectivity index (χ2n) is 4.16. The largest absolute Gasteiger partial charge is 0.469 e. The van der Waals surface area contributed by atoms with Crippen LogP contribution in [0.5, 0.6) is 0 Å². The quantitative estimate of drug-likeness (QED) is 0.694. The number of aromatic nitrogens is 1. The molecule has 7 nitrogen and oxygen atoms in total. The molecular formula is C13H19N3O4. The lowest BCUT2D eigenvalue weighted by molar-refractivity contribution is -0.141. The molecule has 0 spiro atoms. The number of nitrogens with zero attached hydrogens (tertiary/aromatic N) is 1. The smallest absolute Gasteiger partial charge is 0.306 e. The minimum Gasteiger partial charge on any atom is -0.469 e. The molecule has 0 aliphatic rings. The van der Waals surface area contributed by atoms with Crippen LogP contribution in [-0.4, -0.2) is 54.4 Å². The van der Waals surface area contributed by atoms with E-state index in [1.165, 1.54) is 7.11 Å². The molecule has 0 atom stereocenters. The van der Waals surface area contributed by atoms with Crippen molar-refractivity contribution in [2.45, 2.75) is 13.3 Å². The molecule has 0 aliphatic heterocycles. The molecule has 1 rings (SSSR count). The van der Waals surface area contributed by atoms with E-state index in [9.17, 15) is 14.4 Å². The first-order valence-electron chi connectivity index (χ1n) is 6.33. The highest BCUT2D eigenvalue weighted by atomic mass is 16.5. The maximum atomic E-state index is 11.7. The molecule has 20 heavy (non-hydrogen) atoms. The lowest BCUT2D eigenvalue weighted by Crippen LogP contribution is -2.40. The minimum atomic E-state index is -0.468. The molecule has 2 N–H and O–H groups in total. The Morgan fingerprint density at radius 1 is 1.40 bits per heavy atom. The third-order valence-electron chi connectivity index (χ3n) is 2.77. The fourth-order valence-electron chi connectivity index (χ4n) is 1.61. The van der Waals surface area contributed by atoms with Gasteiger partial charge in [-0.2, -0.15) is 0 Å². The summed E-state index contributed by atoms with van der Waals surface area (Å²) in [4.78, 5) is 38.9. The van der Waals surface area contributed by atoms with Gasteiger partial charge >= 0.3 is 5.97 Å². The van der Waals surface area contributed by atoms with Crippen molar-refractivity contribution in [2.75, 3.05) is 26.7 Å². The summed E-state index contributed by atoms with van der Waals surface area (Å²) in [5, 5.41) is 2.28. The summed E-state index contributed by atoms with van der Waals surface area (Å²) < 4.78 is 4.54. The van der Waals surface area contributed by atoms with Crippen LogP contribution in [0.2, 0.25) is 0 Å². The standard InChI is InChI=1S/C13H19N3O4/c1-3-16(8-6-12(18)20-2)9-11(17)15-13(19)10-5-4-7-14-10/h4-5,7,14H,3,6,8-9H2,1-2H3,(H,15,17,19). The van der Waals surface area contributed by atoms with Gasteiger partial charge in [0.25, 0.3) is 5.91 Å². The predicted molar refractivity (Wildman–Crippen MR) is 72.0 cm³/mol. The van der Waals surface area contributed by atoms with Gasteiger partial charge in [0.1, 0.15) is 5.69 Å². The van der Waals surface area contributed by atoms with Crippen LogP contribution in [0.15, 0.2) is 18.3 Å². The fourth-order valence-corrected chi connectivity index (χ4v) is 1.61. The molecular weight excluding hydrogens is 262 g/mol. The highest BCUT2D eigenvalue weighted by molar-refractivity contribution is 6.04. The second-order valence-corrected chi connectivity index (χ2v) is 4.16. The summed E-state index contributed by atoms with van der Waals surface area (Å²) in [5.41, 5.74) is 0.330. The Kier molecular flexibility index (Phi) is 6.45. The lowest BCUT2D eigenvalue weighted by Gasteiger charge is -2.18. The van der Waals surface area contributed by atoms with Gasteiger partial charge in [0.15, 0.2) is 0 Å². The molecule has 0 fully saturated rings. The Morgan fingerprint density at radius 2 is 2.15 bits per heavy atom. The van der Waals surface area contributed by atoms with Gasteiger partial charge in [-0.25, -0.2) is 0 Å². The number of esters is 1. The highest BCUT2D eigenvalue weighted by Gasteiger charge is 2.14. The Balaban J connectivity index is 2.39. The number of rotatable bonds is 7. The Hall–Kier alpha value is -2.15. The first kappa shape index (κ1) is 15.9. The Bertz CT molecular complexity index is 456. The molecule has 0 saturated carbocycles. The first-order valence-corrected chi connectivity index (χ1v) is 6.33. The number of nitrogens with one attached hydrogen (secondary N) is 2. The number of aromatic amines is 1. The number of ether oxygens (including phenoxy) is 1. The topological polar surface area (TPSA) is 91.5 Å². The number of H-pyrrole nitrogens is 1. The van der Waals surface area contributed by atoms with Crippen molar-refractivity contribution in [2.24, 2.45) is 0 Å². The summed E-state index contributed by atoms with van der Waals surface area (Å²) >= 11 is 0. The monoisotopic (exact) mass is 281 g/mol. The van der Waals surface area contributed by atoms with Crippen LogP contribution in [0.3, 0.4) is 0 Å². The fraction of sp³-hybridized carbons (Fsp3) is 0.462. The zero-order valence-electron chi connectivity index (χ0n) is 11.6. The molecule has 1 heterocycles. The van der Waals surface area contributed by atoms with Crippen molar-refractivity contribution < 1.29 is 19.1 Å². The van der Waals surface area contributed by atoms with Crippen molar-refractivity contribution in [1.82, 2.24) is 15.2 Å². The van der Waals surface area contributed by atoms with Gasteiger partial charge in [-0.15, -0.1) is 0 Å². The van der Waals surface area contributed by atoms with E-state index in [0.29, 0.717) is 18.8 Å². The normalized spacial score (nSPS) is 10.3. The zero-order chi connectivity index (χ0) is 15.0. The van der Waals surface area contributed by atoms with Crippen LogP contribution in [0.4, 0.5) is 0 Å². The average Bonchev–Trinajstić information content (AvgIpc) is 2.97. The third kappa shape index (κ3) is 5.23. The van der Waals surface area contributed by atoms with Crippen molar-refractivity contribution >= 4 is 17.8 Å². The minimum absolute atomic E-state index is 0.0555. The number of likely N-dealkylation sites (N-methyl/N-ethyl adjacent to an activating group) is 1. The van der Waals surface area contributed by atoms with Gasteiger partial charge in [0.05, 0.1) is 20.1 Å². The average molecular weight is 281 g/mol. The van der Waals surface area contributed by atoms with E-state index in [2.05, 4.69) is 15.0 Å². The van der Waals surface area contributed by atoms with Gasteiger partial charge in [-0.05, 0) is 18.7 Å². The maximum Gasteiger partial charge on any atom is 0.306 e. The number of amides is 2. The molecule has 1 aromatic heterocycles. The van der Waals surface area contributed by atoms with Crippen LogP contribution in [0, 0.1) is 0 Å². The van der Waals surface area contributed by atoms with E-state index in [1.54, 1.807) is 23.2 Å². The molecule has 7 heteroatoms.